The molecule has 0 saturated carbocycles. The third-order valence-corrected chi connectivity index (χ3v) is 4.62. The molecule has 1 atom stereocenters. The van der Waals surface area contributed by atoms with Crippen LogP contribution in [-0.2, 0) is 4.79 Å². The summed E-state index contributed by atoms with van der Waals surface area (Å²) in [7, 11) is 0. The third kappa shape index (κ3) is 4.04. The summed E-state index contributed by atoms with van der Waals surface area (Å²) >= 11 is 3.30. The number of rotatable bonds is 5. The summed E-state index contributed by atoms with van der Waals surface area (Å²) in [6.45, 7) is 2.21. The van der Waals surface area contributed by atoms with E-state index in [1.807, 2.05) is 41.9 Å². The van der Waals surface area contributed by atoms with Crippen molar-refractivity contribution in [1.29, 1.82) is 0 Å². The van der Waals surface area contributed by atoms with Crippen LogP contribution in [0.25, 0.3) is 0 Å². The molecule has 2 rings (SSSR count). The fourth-order valence-electron chi connectivity index (χ4n) is 1.59. The Hall–Kier alpha value is -0.880. The highest BCUT2D eigenvalue weighted by atomic mass is 35.5. The number of halogens is 1. The van der Waals surface area contributed by atoms with Gasteiger partial charge in [0.1, 0.15) is 0 Å². The van der Waals surface area contributed by atoms with E-state index in [9.17, 15) is 4.79 Å². The van der Waals surface area contributed by atoms with Gasteiger partial charge in [0, 0.05) is 22.2 Å². The lowest BCUT2D eigenvalue weighted by molar-refractivity contribution is -0.124. The number of nitrogens with two attached hydrogens (primary N) is 1. The zero-order valence-corrected chi connectivity index (χ0v) is 13.0. The second kappa shape index (κ2) is 7.65. The summed E-state index contributed by atoms with van der Waals surface area (Å²) in [6.07, 6.45) is 0. The van der Waals surface area contributed by atoms with Crippen molar-refractivity contribution in [2.45, 2.75) is 13.0 Å². The lowest BCUT2D eigenvalue weighted by atomic mass is 10.1. The van der Waals surface area contributed by atoms with E-state index in [-0.39, 0.29) is 30.3 Å². The molecule has 2 aromatic rings. The van der Waals surface area contributed by atoms with Crippen LogP contribution >= 0.6 is 35.1 Å². The Morgan fingerprint density at radius 1 is 1.26 bits per heavy atom. The zero-order valence-electron chi connectivity index (χ0n) is 10.5. The van der Waals surface area contributed by atoms with Crippen LogP contribution in [-0.4, -0.2) is 12.5 Å². The molecular weight excluding hydrogens is 300 g/mol. The van der Waals surface area contributed by atoms with Crippen molar-refractivity contribution < 1.29 is 4.79 Å². The Morgan fingerprint density at radius 2 is 1.79 bits per heavy atom. The molecule has 0 spiro atoms. The van der Waals surface area contributed by atoms with E-state index < -0.39 is 0 Å². The second-order valence-electron chi connectivity index (χ2n) is 4.11. The van der Waals surface area contributed by atoms with Crippen LogP contribution in [0.5, 0.6) is 0 Å². The summed E-state index contributed by atoms with van der Waals surface area (Å²) in [5, 5.41) is 7.12. The van der Waals surface area contributed by atoms with Crippen molar-refractivity contribution in [3.05, 3.63) is 44.8 Å². The van der Waals surface area contributed by atoms with Crippen molar-refractivity contribution in [3.63, 3.8) is 0 Å². The molecule has 0 radical (unpaired) electrons. The number of hydrogen-bond acceptors (Lipinski definition) is 4. The molecule has 1 unspecified atom stereocenters. The molecule has 3 N–H and O–H groups in total. The summed E-state index contributed by atoms with van der Waals surface area (Å²) < 4.78 is 0. The number of carbonyl (C=O) groups excluding carboxylic acids is 1. The van der Waals surface area contributed by atoms with Gasteiger partial charge in [0.2, 0.25) is 5.91 Å². The second-order valence-corrected chi connectivity index (χ2v) is 6.07. The first-order chi connectivity index (χ1) is 8.72. The lowest BCUT2D eigenvalue weighted by Gasteiger charge is -2.18. The Bertz CT molecular complexity index is 450. The van der Waals surface area contributed by atoms with Crippen LogP contribution in [0.1, 0.15) is 22.7 Å². The first kappa shape index (κ1) is 16.2. The van der Waals surface area contributed by atoms with Crippen LogP contribution in [0.2, 0.25) is 0 Å². The smallest absolute Gasteiger partial charge is 0.224 e. The lowest BCUT2D eigenvalue weighted by Crippen LogP contribution is -2.35. The predicted molar refractivity (Wildman–Crippen MR) is 84.1 cm³/mol. The van der Waals surface area contributed by atoms with Crippen molar-refractivity contribution >= 4 is 41.0 Å². The van der Waals surface area contributed by atoms with E-state index in [1.54, 1.807) is 22.7 Å². The molecule has 0 bridgehead atoms. The standard InChI is InChI=1S/C13H16N2OS2.ClH/c1-9(8-14)13(16)15-12(10-4-2-6-17-10)11-5-3-7-18-11;/h2-7,9,12H,8,14H2,1H3,(H,15,16);1H. The topological polar surface area (TPSA) is 55.1 Å². The number of amides is 1. The summed E-state index contributed by atoms with van der Waals surface area (Å²) in [5.41, 5.74) is 5.53. The van der Waals surface area contributed by atoms with E-state index in [2.05, 4.69) is 5.32 Å². The van der Waals surface area contributed by atoms with Crippen molar-refractivity contribution in [1.82, 2.24) is 5.32 Å². The minimum Gasteiger partial charge on any atom is -0.343 e. The monoisotopic (exact) mass is 316 g/mol. The number of thiophene rings is 2. The van der Waals surface area contributed by atoms with E-state index in [0.29, 0.717) is 6.54 Å². The van der Waals surface area contributed by atoms with Gasteiger partial charge >= 0.3 is 0 Å². The Morgan fingerprint density at radius 3 is 2.16 bits per heavy atom. The largest absolute Gasteiger partial charge is 0.343 e. The molecule has 2 aromatic heterocycles. The molecule has 2 heterocycles. The molecule has 104 valence electrons. The maximum atomic E-state index is 12.0. The maximum absolute atomic E-state index is 12.0. The van der Waals surface area contributed by atoms with Crippen LogP contribution in [0, 0.1) is 5.92 Å². The van der Waals surface area contributed by atoms with Gasteiger partial charge in [0.05, 0.1) is 6.04 Å². The molecular formula is C13H17ClN2OS2. The van der Waals surface area contributed by atoms with E-state index in [4.69, 9.17) is 5.73 Å². The quantitative estimate of drug-likeness (QED) is 0.891. The average molecular weight is 317 g/mol. The highest BCUT2D eigenvalue weighted by Gasteiger charge is 2.21. The van der Waals surface area contributed by atoms with Gasteiger partial charge in [-0.2, -0.15) is 0 Å². The predicted octanol–water partition coefficient (Wildman–Crippen LogP) is 3.03. The third-order valence-electron chi connectivity index (χ3n) is 2.74. The number of carbonyl (C=O) groups is 1. The molecule has 1 amide bonds. The average Bonchev–Trinajstić information content (AvgIpc) is 3.06. The Kier molecular flexibility index (Phi) is 6.51. The van der Waals surface area contributed by atoms with Gasteiger partial charge in [-0.3, -0.25) is 4.79 Å². The zero-order chi connectivity index (χ0) is 13.0. The SMILES string of the molecule is CC(CN)C(=O)NC(c1cccs1)c1cccs1.Cl. The van der Waals surface area contributed by atoms with Crippen LogP contribution in [0.15, 0.2) is 35.0 Å². The first-order valence-corrected chi connectivity index (χ1v) is 7.55. The van der Waals surface area contributed by atoms with Gasteiger partial charge in [-0.25, -0.2) is 0 Å². The van der Waals surface area contributed by atoms with Crippen molar-refractivity contribution in [3.8, 4) is 0 Å². The van der Waals surface area contributed by atoms with Gasteiger partial charge in [-0.05, 0) is 22.9 Å². The maximum Gasteiger partial charge on any atom is 0.224 e. The minimum atomic E-state index is -0.160. The summed E-state index contributed by atoms with van der Waals surface area (Å²) in [6, 6.07) is 8.04. The number of nitrogens with one attached hydrogen (secondary N) is 1. The molecule has 3 nitrogen and oxygen atoms in total. The van der Waals surface area contributed by atoms with Gasteiger partial charge in [0.15, 0.2) is 0 Å². The van der Waals surface area contributed by atoms with E-state index >= 15 is 0 Å². The molecule has 0 aliphatic heterocycles. The minimum absolute atomic E-state index is 0. The molecule has 0 aliphatic rings. The van der Waals surface area contributed by atoms with Gasteiger partial charge in [-0.15, -0.1) is 35.1 Å². The van der Waals surface area contributed by atoms with Gasteiger partial charge < -0.3 is 11.1 Å². The highest BCUT2D eigenvalue weighted by molar-refractivity contribution is 7.11. The normalized spacial score (nSPS) is 11.9. The number of hydrogen-bond donors (Lipinski definition) is 2. The molecule has 0 aromatic carbocycles. The van der Waals surface area contributed by atoms with Crippen LogP contribution in [0.3, 0.4) is 0 Å². The fraction of sp³-hybridized carbons (Fsp3) is 0.308. The van der Waals surface area contributed by atoms with Crippen LogP contribution in [0.4, 0.5) is 0 Å². The summed E-state index contributed by atoms with van der Waals surface area (Å²) in [4.78, 5) is 14.3. The fourth-order valence-corrected chi connectivity index (χ4v) is 3.25. The molecule has 0 saturated heterocycles. The Labute approximate surface area is 127 Å². The molecule has 19 heavy (non-hydrogen) atoms. The van der Waals surface area contributed by atoms with E-state index in [0.717, 1.165) is 9.75 Å². The van der Waals surface area contributed by atoms with E-state index in [1.165, 1.54) is 0 Å². The van der Waals surface area contributed by atoms with Gasteiger partial charge in [0.25, 0.3) is 0 Å². The molecule has 0 fully saturated rings. The summed E-state index contributed by atoms with van der Waals surface area (Å²) in [5.74, 6) is -0.156. The molecule has 0 aliphatic carbocycles. The van der Waals surface area contributed by atoms with Crippen LogP contribution < -0.4 is 11.1 Å². The highest BCUT2D eigenvalue weighted by Crippen LogP contribution is 2.29. The first-order valence-electron chi connectivity index (χ1n) is 5.79. The van der Waals surface area contributed by atoms with Crippen molar-refractivity contribution in [2.24, 2.45) is 11.7 Å². The molecule has 6 heteroatoms. The van der Waals surface area contributed by atoms with Gasteiger partial charge in [-0.1, -0.05) is 19.1 Å². The van der Waals surface area contributed by atoms with Crippen molar-refractivity contribution in [2.75, 3.05) is 6.54 Å². The Balaban J connectivity index is 0.00000180.